The average Bonchev–Trinajstić information content (AvgIpc) is 3.16. The number of amides is 1. The summed E-state index contributed by atoms with van der Waals surface area (Å²) in [5.74, 6) is 0.269. The number of rotatable bonds is 5. The van der Waals surface area contributed by atoms with E-state index in [1.54, 1.807) is 24.3 Å². The Kier molecular flexibility index (Phi) is 5.74. The number of carbonyl (C=O) groups is 1. The summed E-state index contributed by atoms with van der Waals surface area (Å²) >= 11 is 0. The molecule has 2 aliphatic rings. The number of hydrogen-bond donors (Lipinski definition) is 0. The highest BCUT2D eigenvalue weighted by Gasteiger charge is 2.37. The first-order chi connectivity index (χ1) is 12.0. The van der Waals surface area contributed by atoms with Crippen molar-refractivity contribution in [1.29, 1.82) is 0 Å². The van der Waals surface area contributed by atoms with Gasteiger partial charge in [-0.05, 0) is 43.4 Å². The van der Waals surface area contributed by atoms with Gasteiger partial charge < -0.3 is 4.90 Å². The molecule has 1 aliphatic heterocycles. The molecule has 1 aromatic heterocycles. The van der Waals surface area contributed by atoms with Crippen molar-refractivity contribution in [1.82, 2.24) is 14.2 Å². The van der Waals surface area contributed by atoms with Crippen LogP contribution in [-0.2, 0) is 21.4 Å². The lowest BCUT2D eigenvalue weighted by atomic mass is 10.0. The molecule has 1 saturated heterocycles. The maximum atomic E-state index is 13.0. The fourth-order valence-corrected chi connectivity index (χ4v) is 5.57. The third-order valence-electron chi connectivity index (χ3n) is 5.40. The van der Waals surface area contributed by atoms with Crippen molar-refractivity contribution in [2.24, 2.45) is 5.92 Å². The first-order valence-corrected chi connectivity index (χ1v) is 10.6. The molecule has 1 aromatic rings. The molecule has 7 heteroatoms. The maximum absolute atomic E-state index is 13.0. The number of carbonyl (C=O) groups excluding carboxylic acids is 1. The van der Waals surface area contributed by atoms with Crippen molar-refractivity contribution in [3.05, 3.63) is 30.1 Å². The number of aromatic nitrogens is 1. The van der Waals surface area contributed by atoms with E-state index in [2.05, 4.69) is 4.98 Å². The van der Waals surface area contributed by atoms with Crippen molar-refractivity contribution in [2.75, 3.05) is 20.1 Å². The van der Waals surface area contributed by atoms with Crippen LogP contribution in [0.4, 0.5) is 0 Å². The van der Waals surface area contributed by atoms with Gasteiger partial charge in [0.05, 0.1) is 5.25 Å². The van der Waals surface area contributed by atoms with Gasteiger partial charge in [0.1, 0.15) is 0 Å². The van der Waals surface area contributed by atoms with E-state index in [0.717, 1.165) is 37.7 Å². The molecule has 1 amide bonds. The Hall–Kier alpha value is -1.47. The van der Waals surface area contributed by atoms with Crippen LogP contribution in [0.1, 0.15) is 44.1 Å². The molecule has 0 radical (unpaired) electrons. The molecule has 0 spiro atoms. The Bertz CT molecular complexity index is 687. The highest BCUT2D eigenvalue weighted by Crippen LogP contribution is 2.29. The molecule has 25 heavy (non-hydrogen) atoms. The lowest BCUT2D eigenvalue weighted by Crippen LogP contribution is -2.49. The van der Waals surface area contributed by atoms with Gasteiger partial charge in [0.15, 0.2) is 0 Å². The van der Waals surface area contributed by atoms with Crippen LogP contribution in [0, 0.1) is 5.92 Å². The van der Waals surface area contributed by atoms with Crippen LogP contribution in [0.5, 0.6) is 0 Å². The van der Waals surface area contributed by atoms with Crippen LogP contribution in [0.15, 0.2) is 24.5 Å². The van der Waals surface area contributed by atoms with Crippen molar-refractivity contribution in [2.45, 2.75) is 50.3 Å². The van der Waals surface area contributed by atoms with E-state index >= 15 is 0 Å². The van der Waals surface area contributed by atoms with Gasteiger partial charge in [-0.3, -0.25) is 9.78 Å². The molecule has 2 heterocycles. The smallest absolute Gasteiger partial charge is 0.225 e. The molecule has 1 saturated carbocycles. The summed E-state index contributed by atoms with van der Waals surface area (Å²) in [5, 5.41) is -0.501. The first-order valence-electron chi connectivity index (χ1n) is 9.11. The summed E-state index contributed by atoms with van der Waals surface area (Å²) in [6.07, 6.45) is 8.84. The van der Waals surface area contributed by atoms with Crippen LogP contribution in [-0.4, -0.2) is 53.9 Å². The molecule has 0 unspecified atom stereocenters. The number of nitrogens with zero attached hydrogens (tertiary/aromatic N) is 3. The quantitative estimate of drug-likeness (QED) is 0.800. The number of hydrogen-bond acceptors (Lipinski definition) is 4. The lowest BCUT2D eigenvalue weighted by molar-refractivity contribution is -0.136. The van der Waals surface area contributed by atoms with Gasteiger partial charge in [-0.2, -0.15) is 0 Å². The summed E-state index contributed by atoms with van der Waals surface area (Å²) in [5.41, 5.74) is 0.913. The SMILES string of the molecule is CN(Cc1ccncc1)S(=O)(=O)[C@H]1CCCN(C(=O)C2CCCC2)C1. The Morgan fingerprint density at radius 2 is 1.88 bits per heavy atom. The van der Waals surface area contributed by atoms with E-state index in [4.69, 9.17) is 0 Å². The average molecular weight is 365 g/mol. The van der Waals surface area contributed by atoms with E-state index in [9.17, 15) is 13.2 Å². The summed E-state index contributed by atoms with van der Waals surface area (Å²) in [6, 6.07) is 3.64. The Balaban J connectivity index is 1.65. The first kappa shape index (κ1) is 18.3. The Labute approximate surface area is 150 Å². The highest BCUT2D eigenvalue weighted by molar-refractivity contribution is 7.89. The minimum Gasteiger partial charge on any atom is -0.341 e. The summed E-state index contributed by atoms with van der Waals surface area (Å²) in [4.78, 5) is 18.4. The topological polar surface area (TPSA) is 70.6 Å². The van der Waals surface area contributed by atoms with Gasteiger partial charge in [-0.25, -0.2) is 12.7 Å². The van der Waals surface area contributed by atoms with Crippen molar-refractivity contribution >= 4 is 15.9 Å². The van der Waals surface area contributed by atoms with Crippen LogP contribution in [0.2, 0.25) is 0 Å². The lowest BCUT2D eigenvalue weighted by Gasteiger charge is -2.35. The van der Waals surface area contributed by atoms with Gasteiger partial charge in [-0.15, -0.1) is 0 Å². The Morgan fingerprint density at radius 1 is 1.20 bits per heavy atom. The van der Waals surface area contributed by atoms with E-state index < -0.39 is 15.3 Å². The second kappa shape index (κ2) is 7.83. The van der Waals surface area contributed by atoms with Crippen molar-refractivity contribution < 1.29 is 13.2 Å². The maximum Gasteiger partial charge on any atom is 0.225 e. The van der Waals surface area contributed by atoms with E-state index in [1.807, 2.05) is 12.1 Å². The van der Waals surface area contributed by atoms with E-state index in [-0.39, 0.29) is 11.8 Å². The molecule has 1 aliphatic carbocycles. The number of pyridine rings is 1. The minimum absolute atomic E-state index is 0.107. The van der Waals surface area contributed by atoms with Crippen molar-refractivity contribution in [3.63, 3.8) is 0 Å². The van der Waals surface area contributed by atoms with Gasteiger partial charge in [-0.1, -0.05) is 12.8 Å². The molecule has 138 valence electrons. The molecule has 0 aromatic carbocycles. The molecule has 2 fully saturated rings. The zero-order valence-corrected chi connectivity index (χ0v) is 15.6. The summed E-state index contributed by atoms with van der Waals surface area (Å²) in [7, 11) is -1.81. The molecular weight excluding hydrogens is 338 g/mol. The van der Waals surface area contributed by atoms with Crippen LogP contribution in [0.25, 0.3) is 0 Å². The molecule has 3 rings (SSSR count). The molecule has 1 atom stereocenters. The monoisotopic (exact) mass is 365 g/mol. The third kappa shape index (κ3) is 4.20. The normalized spacial score (nSPS) is 22.5. The predicted molar refractivity (Wildman–Crippen MR) is 96.2 cm³/mol. The second-order valence-electron chi connectivity index (χ2n) is 7.19. The van der Waals surface area contributed by atoms with Crippen LogP contribution < -0.4 is 0 Å². The third-order valence-corrected chi connectivity index (χ3v) is 7.63. The second-order valence-corrected chi connectivity index (χ2v) is 9.51. The largest absolute Gasteiger partial charge is 0.341 e. The minimum atomic E-state index is -3.43. The van der Waals surface area contributed by atoms with Crippen LogP contribution >= 0.6 is 0 Å². The zero-order chi connectivity index (χ0) is 17.9. The number of likely N-dealkylation sites (tertiary alicyclic amines) is 1. The van der Waals surface area contributed by atoms with Gasteiger partial charge >= 0.3 is 0 Å². The number of sulfonamides is 1. The molecule has 0 bridgehead atoms. The standard InChI is InChI=1S/C18H27N3O3S/c1-20(13-15-8-10-19-11-9-15)25(23,24)17-7-4-12-21(14-17)18(22)16-5-2-3-6-16/h8-11,16-17H,2-7,12-14H2,1H3/t17-/m0/s1. The van der Waals surface area contributed by atoms with Crippen molar-refractivity contribution in [3.8, 4) is 0 Å². The fraction of sp³-hybridized carbons (Fsp3) is 0.667. The van der Waals surface area contributed by atoms with Gasteiger partial charge in [0, 0.05) is 45.0 Å². The molecule has 0 N–H and O–H groups in total. The summed E-state index contributed by atoms with van der Waals surface area (Å²) in [6.45, 7) is 1.35. The molecule has 6 nitrogen and oxygen atoms in total. The highest BCUT2D eigenvalue weighted by atomic mass is 32.2. The Morgan fingerprint density at radius 3 is 2.56 bits per heavy atom. The zero-order valence-electron chi connectivity index (χ0n) is 14.8. The number of piperidine rings is 1. The van der Waals surface area contributed by atoms with E-state index in [1.165, 1.54) is 4.31 Å². The van der Waals surface area contributed by atoms with Crippen LogP contribution in [0.3, 0.4) is 0 Å². The summed E-state index contributed by atoms with van der Waals surface area (Å²) < 4.78 is 27.3. The van der Waals surface area contributed by atoms with Gasteiger partial charge in [0.2, 0.25) is 15.9 Å². The molecular formula is C18H27N3O3S. The van der Waals surface area contributed by atoms with E-state index in [0.29, 0.717) is 26.1 Å². The predicted octanol–water partition coefficient (Wildman–Crippen LogP) is 2.02. The van der Waals surface area contributed by atoms with Gasteiger partial charge in [0.25, 0.3) is 0 Å². The fourth-order valence-electron chi connectivity index (χ4n) is 3.90.